The lowest BCUT2D eigenvalue weighted by molar-refractivity contribution is 0.495. The van der Waals surface area contributed by atoms with Crippen LogP contribution in [0.4, 0.5) is 8.78 Å². The van der Waals surface area contributed by atoms with E-state index in [1.165, 1.54) is 42.6 Å². The maximum atomic E-state index is 14.4. The molecule has 1 aromatic carbocycles. The Bertz CT molecular complexity index is 887. The van der Waals surface area contributed by atoms with Gasteiger partial charge in [0.25, 0.3) is 0 Å². The van der Waals surface area contributed by atoms with E-state index >= 15 is 0 Å². The average molecular weight is 396 g/mol. The van der Waals surface area contributed by atoms with E-state index in [-0.39, 0.29) is 10.8 Å². The second kappa shape index (κ2) is 7.20. The van der Waals surface area contributed by atoms with Crippen LogP contribution in [0.5, 0.6) is 0 Å². The van der Waals surface area contributed by atoms with Crippen LogP contribution in [0.1, 0.15) is 23.7 Å². The lowest BCUT2D eigenvalue weighted by atomic mass is 9.92. The van der Waals surface area contributed by atoms with Gasteiger partial charge in [-0.25, -0.2) is 23.7 Å². The summed E-state index contributed by atoms with van der Waals surface area (Å²) in [5, 5.41) is 0.175. The van der Waals surface area contributed by atoms with Crippen LogP contribution >= 0.6 is 23.5 Å². The lowest BCUT2D eigenvalue weighted by Crippen LogP contribution is -2.40. The highest BCUT2D eigenvalue weighted by atomic mass is 35.5. The standard InChI is InChI=1S/C17H16ClF2N5S/c1-17(9-26-25(2)16(21)24-17)11-5-10(3-4-12(11)19)6-13(20)14-7-23-15(18)8-22-14/h3-8H,9H2,1-2H3,(H2,21,24)/b13-6-/t17-/m0/s1. The highest BCUT2D eigenvalue weighted by molar-refractivity contribution is 7.97. The van der Waals surface area contributed by atoms with Gasteiger partial charge in [-0.05, 0) is 42.6 Å². The van der Waals surface area contributed by atoms with Crippen LogP contribution in [-0.4, -0.2) is 33.0 Å². The first kappa shape index (κ1) is 18.6. The van der Waals surface area contributed by atoms with Gasteiger partial charge in [0.2, 0.25) is 5.96 Å². The zero-order valence-electron chi connectivity index (χ0n) is 14.1. The van der Waals surface area contributed by atoms with Crippen molar-refractivity contribution in [3.8, 4) is 0 Å². The molecule has 5 nitrogen and oxygen atoms in total. The Morgan fingerprint density at radius 2 is 2.15 bits per heavy atom. The third kappa shape index (κ3) is 3.81. The van der Waals surface area contributed by atoms with Gasteiger partial charge in [0, 0.05) is 18.4 Å². The van der Waals surface area contributed by atoms with Crippen LogP contribution in [0.25, 0.3) is 11.9 Å². The minimum Gasteiger partial charge on any atom is -0.369 e. The monoisotopic (exact) mass is 395 g/mol. The molecular formula is C17H16ClF2N5S. The van der Waals surface area contributed by atoms with E-state index in [0.717, 1.165) is 0 Å². The number of rotatable bonds is 3. The van der Waals surface area contributed by atoms with Crippen LogP contribution in [0, 0.1) is 5.82 Å². The summed E-state index contributed by atoms with van der Waals surface area (Å²) >= 11 is 7.10. The molecule has 1 atom stereocenters. The molecule has 2 N–H and O–H groups in total. The highest BCUT2D eigenvalue weighted by Crippen LogP contribution is 2.36. The van der Waals surface area contributed by atoms with Gasteiger partial charge in [-0.3, -0.25) is 4.31 Å². The van der Waals surface area contributed by atoms with Crippen LogP contribution in [0.15, 0.2) is 35.6 Å². The Hall–Kier alpha value is -2.19. The minimum atomic E-state index is -0.842. The molecule has 136 valence electrons. The molecular weight excluding hydrogens is 380 g/mol. The maximum absolute atomic E-state index is 14.4. The molecule has 9 heteroatoms. The molecule has 1 aliphatic heterocycles. The molecule has 26 heavy (non-hydrogen) atoms. The number of aliphatic imine (C=N–C) groups is 1. The van der Waals surface area contributed by atoms with Crippen molar-refractivity contribution in [3.05, 3.63) is 58.4 Å². The summed E-state index contributed by atoms with van der Waals surface area (Å²) in [7, 11) is 1.79. The molecule has 3 rings (SSSR count). The number of guanidine groups is 1. The van der Waals surface area contributed by atoms with Crippen molar-refractivity contribution in [1.82, 2.24) is 14.3 Å². The van der Waals surface area contributed by atoms with Gasteiger partial charge < -0.3 is 5.73 Å². The summed E-state index contributed by atoms with van der Waals surface area (Å²) in [4.78, 5) is 12.1. The van der Waals surface area contributed by atoms with Crippen LogP contribution in [0.3, 0.4) is 0 Å². The van der Waals surface area contributed by atoms with E-state index in [1.807, 2.05) is 0 Å². The Balaban J connectivity index is 1.98. The predicted octanol–water partition coefficient (Wildman–Crippen LogP) is 3.86. The van der Waals surface area contributed by atoms with Crippen molar-refractivity contribution >= 4 is 41.4 Å². The normalized spacial score (nSPS) is 20.9. The van der Waals surface area contributed by atoms with Crippen molar-refractivity contribution < 1.29 is 8.78 Å². The van der Waals surface area contributed by atoms with Crippen LogP contribution in [0.2, 0.25) is 5.15 Å². The number of nitrogens with zero attached hydrogens (tertiary/aromatic N) is 4. The van der Waals surface area contributed by atoms with Gasteiger partial charge in [0.05, 0.1) is 12.4 Å². The first-order valence-electron chi connectivity index (χ1n) is 7.65. The fraction of sp³-hybridized carbons (Fsp3) is 0.235. The van der Waals surface area contributed by atoms with Crippen molar-refractivity contribution in [2.45, 2.75) is 12.5 Å². The molecule has 0 unspecified atom stereocenters. The van der Waals surface area contributed by atoms with Gasteiger partial charge in [0.15, 0.2) is 5.83 Å². The predicted molar refractivity (Wildman–Crippen MR) is 102 cm³/mol. The number of aromatic nitrogens is 2. The summed E-state index contributed by atoms with van der Waals surface area (Å²) < 4.78 is 30.6. The molecule has 0 amide bonds. The van der Waals surface area contributed by atoms with Crippen LogP contribution < -0.4 is 5.73 Å². The zero-order chi connectivity index (χ0) is 18.9. The fourth-order valence-corrected chi connectivity index (χ4v) is 3.42. The van der Waals surface area contributed by atoms with Gasteiger partial charge >= 0.3 is 0 Å². The first-order chi connectivity index (χ1) is 12.3. The molecule has 0 radical (unpaired) electrons. The zero-order valence-corrected chi connectivity index (χ0v) is 15.7. The van der Waals surface area contributed by atoms with Crippen molar-refractivity contribution in [3.63, 3.8) is 0 Å². The van der Waals surface area contributed by atoms with Gasteiger partial charge in [-0.15, -0.1) is 0 Å². The van der Waals surface area contributed by atoms with Crippen LogP contribution in [-0.2, 0) is 5.54 Å². The van der Waals surface area contributed by atoms with Gasteiger partial charge in [0.1, 0.15) is 22.2 Å². The SMILES string of the molecule is CN1SC[C@@](C)(c2cc(/C=C(\F)c3cnc(Cl)cn3)ccc2F)N=C1N. The summed E-state index contributed by atoms with van der Waals surface area (Å²) in [6.07, 6.45) is 3.76. The van der Waals surface area contributed by atoms with Gasteiger partial charge in [-0.2, -0.15) is 0 Å². The van der Waals surface area contributed by atoms with Crippen molar-refractivity contribution in [1.29, 1.82) is 0 Å². The smallest absolute Gasteiger partial charge is 0.202 e. The second-order valence-corrected chi connectivity index (χ2v) is 7.45. The number of hydrogen-bond acceptors (Lipinski definition) is 6. The maximum Gasteiger partial charge on any atom is 0.202 e. The molecule has 0 aliphatic carbocycles. The summed E-state index contributed by atoms with van der Waals surface area (Å²) in [5.41, 5.74) is 5.92. The number of benzene rings is 1. The number of halogens is 3. The van der Waals surface area contributed by atoms with Crippen molar-refractivity contribution in [2.75, 3.05) is 12.8 Å². The number of nitrogens with two attached hydrogens (primary N) is 1. The summed E-state index contributed by atoms with van der Waals surface area (Å²) in [6.45, 7) is 1.80. The lowest BCUT2D eigenvalue weighted by Gasteiger charge is -2.34. The first-order valence-corrected chi connectivity index (χ1v) is 8.98. The molecule has 0 saturated heterocycles. The molecule has 0 saturated carbocycles. The minimum absolute atomic E-state index is 0.0450. The molecule has 2 aromatic rings. The van der Waals surface area contributed by atoms with E-state index < -0.39 is 17.2 Å². The molecule has 1 aromatic heterocycles. The van der Waals surface area contributed by atoms with E-state index in [9.17, 15) is 8.78 Å². The Labute approximate surface area is 159 Å². The Morgan fingerprint density at radius 3 is 2.81 bits per heavy atom. The fourth-order valence-electron chi connectivity index (χ4n) is 2.48. The quantitative estimate of drug-likeness (QED) is 0.799. The van der Waals surface area contributed by atoms with Crippen molar-refractivity contribution in [2.24, 2.45) is 10.7 Å². The topological polar surface area (TPSA) is 67.4 Å². The second-order valence-electron chi connectivity index (χ2n) is 5.97. The summed E-state index contributed by atoms with van der Waals surface area (Å²) in [6, 6.07) is 4.35. The summed E-state index contributed by atoms with van der Waals surface area (Å²) in [5.74, 6) is -0.193. The third-order valence-electron chi connectivity index (χ3n) is 3.95. The molecule has 1 aliphatic rings. The third-order valence-corrected chi connectivity index (χ3v) is 5.41. The Morgan fingerprint density at radius 1 is 1.38 bits per heavy atom. The number of hydrogen-bond donors (Lipinski definition) is 1. The molecule has 2 heterocycles. The van der Waals surface area contributed by atoms with E-state index in [0.29, 0.717) is 22.8 Å². The van der Waals surface area contributed by atoms with E-state index in [1.54, 1.807) is 24.3 Å². The highest BCUT2D eigenvalue weighted by Gasteiger charge is 2.34. The average Bonchev–Trinajstić information content (AvgIpc) is 2.60. The largest absolute Gasteiger partial charge is 0.369 e. The molecule has 0 spiro atoms. The van der Waals surface area contributed by atoms with E-state index in [2.05, 4.69) is 15.0 Å². The Kier molecular flexibility index (Phi) is 5.15. The molecule has 0 fully saturated rings. The van der Waals surface area contributed by atoms with E-state index in [4.69, 9.17) is 17.3 Å². The van der Waals surface area contributed by atoms with Gasteiger partial charge in [-0.1, -0.05) is 17.7 Å². The molecule has 0 bridgehead atoms.